The molecule has 0 fully saturated rings. The molecule has 0 saturated heterocycles. The summed E-state index contributed by atoms with van der Waals surface area (Å²) < 4.78 is 4.43. The molecule has 0 aromatic heterocycles. The molecule has 0 rings (SSSR count). The number of nitrogens with two attached hydrogens (primary N) is 2. The minimum atomic E-state index is -1.12. The second-order valence-corrected chi connectivity index (χ2v) is 3.37. The molecule has 0 unspecified atom stereocenters. The van der Waals surface area contributed by atoms with Crippen LogP contribution in [0.2, 0.25) is 0 Å². The molecular formula is C6H12N2O4S2. The first-order valence-corrected chi connectivity index (χ1v) is 5.54. The molecule has 8 heteroatoms. The molecule has 2 atom stereocenters. The minimum absolute atomic E-state index is 0.128. The summed E-state index contributed by atoms with van der Waals surface area (Å²) in [7, 11) is 0. The summed E-state index contributed by atoms with van der Waals surface area (Å²) in [5.74, 6) is -1.75. The van der Waals surface area contributed by atoms with Gasteiger partial charge in [-0.15, -0.1) is 0 Å². The van der Waals surface area contributed by atoms with Crippen LogP contribution in [0.3, 0.4) is 0 Å². The van der Waals surface area contributed by atoms with E-state index in [0.29, 0.717) is 11.1 Å². The highest BCUT2D eigenvalue weighted by atomic mass is 33.1. The first-order chi connectivity index (χ1) is 6.49. The summed E-state index contributed by atoms with van der Waals surface area (Å²) in [4.78, 5) is 21.2. The van der Waals surface area contributed by atoms with Crippen LogP contribution in [0, 0.1) is 0 Å². The topological polar surface area (TPSA) is 116 Å². The Balaban J connectivity index is 3.78. The normalized spacial score (nSPS) is 14.5. The van der Waals surface area contributed by atoms with Gasteiger partial charge >= 0.3 is 11.9 Å². The van der Waals surface area contributed by atoms with Crippen molar-refractivity contribution in [1.82, 2.24) is 0 Å². The number of carboxylic acids is 1. The van der Waals surface area contributed by atoms with Crippen LogP contribution in [0.25, 0.3) is 0 Å². The van der Waals surface area contributed by atoms with E-state index in [2.05, 4.69) is 15.8 Å². The number of aliphatic carboxylic acids is 1. The van der Waals surface area contributed by atoms with Crippen molar-refractivity contribution in [2.75, 3.05) is 0 Å². The fourth-order valence-electron chi connectivity index (χ4n) is 0.699. The van der Waals surface area contributed by atoms with Gasteiger partial charge in [0.15, 0.2) is 0 Å². The van der Waals surface area contributed by atoms with Crippen molar-refractivity contribution in [3.63, 3.8) is 0 Å². The molecule has 0 aromatic carbocycles. The van der Waals surface area contributed by atoms with Crippen molar-refractivity contribution in [1.29, 1.82) is 0 Å². The number of hydrogen-bond acceptors (Lipinski definition) is 7. The molecule has 0 aliphatic heterocycles. The van der Waals surface area contributed by atoms with Gasteiger partial charge in [0.25, 0.3) is 0 Å². The molecule has 0 saturated carbocycles. The second-order valence-electron chi connectivity index (χ2n) is 2.61. The molecule has 0 bridgehead atoms. The molecular weight excluding hydrogens is 228 g/mol. The number of rotatable bonds is 6. The van der Waals surface area contributed by atoms with E-state index in [9.17, 15) is 9.59 Å². The zero-order valence-electron chi connectivity index (χ0n) is 7.25. The maximum absolute atomic E-state index is 10.9. The van der Waals surface area contributed by atoms with Gasteiger partial charge in [-0.2, -0.15) is 0 Å². The summed E-state index contributed by atoms with van der Waals surface area (Å²) in [5, 5.41) is 8.44. The molecule has 6 nitrogen and oxygen atoms in total. The Morgan fingerprint density at radius 1 is 1.36 bits per heavy atom. The molecule has 0 aromatic rings. The summed E-state index contributed by atoms with van der Waals surface area (Å²) in [6, 6.07) is -1.86. The molecule has 0 spiro atoms. The summed E-state index contributed by atoms with van der Waals surface area (Å²) in [5.41, 5.74) is 10.6. The first-order valence-electron chi connectivity index (χ1n) is 3.75. The highest BCUT2D eigenvalue weighted by Gasteiger charge is 2.19. The lowest BCUT2D eigenvalue weighted by Gasteiger charge is -2.10. The van der Waals surface area contributed by atoms with E-state index in [1.54, 1.807) is 0 Å². The number of carbonyl (C=O) groups excluding carboxylic acids is 1. The van der Waals surface area contributed by atoms with Crippen LogP contribution >= 0.6 is 22.7 Å². The predicted molar refractivity (Wildman–Crippen MR) is 55.5 cm³/mol. The first kappa shape index (κ1) is 13.6. The molecule has 5 N–H and O–H groups in total. The third kappa shape index (κ3) is 5.32. The largest absolute Gasteiger partial charge is 0.480 e. The van der Waals surface area contributed by atoms with Crippen LogP contribution in [0.4, 0.5) is 0 Å². The van der Waals surface area contributed by atoms with Crippen LogP contribution in [-0.4, -0.2) is 29.1 Å². The minimum Gasteiger partial charge on any atom is -0.480 e. The van der Waals surface area contributed by atoms with Crippen LogP contribution in [0.5, 0.6) is 0 Å². The van der Waals surface area contributed by atoms with Crippen molar-refractivity contribution in [2.24, 2.45) is 11.5 Å². The van der Waals surface area contributed by atoms with Gasteiger partial charge in [0, 0.05) is 0 Å². The quantitative estimate of drug-likeness (QED) is 0.282. The van der Waals surface area contributed by atoms with Crippen molar-refractivity contribution >= 4 is 34.7 Å². The Labute approximate surface area is 90.4 Å². The number of carboxylic acid groups (broad SMARTS) is 1. The van der Waals surface area contributed by atoms with E-state index in [1.165, 1.54) is 0 Å². The highest BCUT2D eigenvalue weighted by Crippen LogP contribution is 2.10. The lowest BCUT2D eigenvalue weighted by molar-refractivity contribution is -0.139. The van der Waals surface area contributed by atoms with Gasteiger partial charge in [0.05, 0.1) is 0 Å². The molecule has 0 radical (unpaired) electrons. The Kier molecular flexibility index (Phi) is 6.71. The van der Waals surface area contributed by atoms with E-state index >= 15 is 0 Å². The molecule has 0 aliphatic rings. The third-order valence-electron chi connectivity index (χ3n) is 1.53. The smallest absolute Gasteiger partial charge is 0.335 e. The number of thiol groups is 1. The molecule has 14 heavy (non-hydrogen) atoms. The van der Waals surface area contributed by atoms with Crippen LogP contribution in [0.15, 0.2) is 0 Å². The Bertz CT molecular complexity index is 214. The standard InChI is InChI=1S/C6H12N2O4S2/c7-3(5(9)10)1-2-4(8)6(11)12-14-13/h3-4,13H,1-2,7-8H2,(H,9,10)/t3-,4+/m0/s1. The molecule has 0 aliphatic carbocycles. The average Bonchev–Trinajstić information content (AvgIpc) is 2.13. The van der Waals surface area contributed by atoms with Crippen LogP contribution in [-0.2, 0) is 13.8 Å². The van der Waals surface area contributed by atoms with Crippen molar-refractivity contribution in [3.8, 4) is 0 Å². The fraction of sp³-hybridized carbons (Fsp3) is 0.667. The van der Waals surface area contributed by atoms with Gasteiger partial charge in [-0.25, -0.2) is 4.79 Å². The Morgan fingerprint density at radius 2 is 1.86 bits per heavy atom. The predicted octanol–water partition coefficient (Wildman–Crippen LogP) is -0.458. The lowest BCUT2D eigenvalue weighted by Crippen LogP contribution is -2.36. The average molecular weight is 240 g/mol. The Morgan fingerprint density at radius 3 is 2.29 bits per heavy atom. The monoisotopic (exact) mass is 240 g/mol. The van der Waals surface area contributed by atoms with Gasteiger partial charge in [0.1, 0.15) is 23.2 Å². The zero-order chi connectivity index (χ0) is 11.1. The fourth-order valence-corrected chi connectivity index (χ4v) is 1.12. The number of hydrogen-bond donors (Lipinski definition) is 4. The van der Waals surface area contributed by atoms with Gasteiger partial charge in [-0.1, -0.05) is 11.7 Å². The summed E-state index contributed by atoms with van der Waals surface area (Å²) in [6.45, 7) is 0. The Hall–Kier alpha value is -0.440. The van der Waals surface area contributed by atoms with E-state index in [-0.39, 0.29) is 12.8 Å². The molecule has 0 heterocycles. The van der Waals surface area contributed by atoms with E-state index in [0.717, 1.165) is 0 Å². The van der Waals surface area contributed by atoms with Gasteiger partial charge in [-0.05, 0) is 12.8 Å². The third-order valence-corrected chi connectivity index (χ3v) is 1.99. The van der Waals surface area contributed by atoms with E-state index < -0.39 is 24.0 Å². The maximum atomic E-state index is 10.9. The molecule has 82 valence electrons. The zero-order valence-corrected chi connectivity index (χ0v) is 8.96. The van der Waals surface area contributed by atoms with Crippen molar-refractivity contribution < 1.29 is 18.9 Å². The summed E-state index contributed by atoms with van der Waals surface area (Å²) in [6.07, 6.45) is 0.295. The highest BCUT2D eigenvalue weighted by molar-refractivity contribution is 8.66. The summed E-state index contributed by atoms with van der Waals surface area (Å²) >= 11 is 4.19. The SMILES string of the molecule is N[C@H](CC[C@H](N)C(=O)O)C(=O)OSS. The molecule has 0 amide bonds. The van der Waals surface area contributed by atoms with Crippen molar-refractivity contribution in [2.45, 2.75) is 24.9 Å². The maximum Gasteiger partial charge on any atom is 0.335 e. The van der Waals surface area contributed by atoms with E-state index in [4.69, 9.17) is 16.6 Å². The van der Waals surface area contributed by atoms with Crippen LogP contribution < -0.4 is 11.5 Å². The van der Waals surface area contributed by atoms with E-state index in [1.807, 2.05) is 0 Å². The van der Waals surface area contributed by atoms with Gasteiger partial charge in [0.2, 0.25) is 0 Å². The van der Waals surface area contributed by atoms with Crippen LogP contribution in [0.1, 0.15) is 12.8 Å². The van der Waals surface area contributed by atoms with Gasteiger partial charge < -0.3 is 20.8 Å². The van der Waals surface area contributed by atoms with Gasteiger partial charge in [-0.3, -0.25) is 4.79 Å². The second kappa shape index (κ2) is 6.93. The number of carbonyl (C=O) groups is 2. The van der Waals surface area contributed by atoms with Crippen molar-refractivity contribution in [3.05, 3.63) is 0 Å². The lowest BCUT2D eigenvalue weighted by atomic mass is 10.1.